The first-order valence-electron chi connectivity index (χ1n) is 8.17. The number of nitrogens with zero attached hydrogens (tertiary/aromatic N) is 1. The highest BCUT2D eigenvalue weighted by molar-refractivity contribution is 6.30. The van der Waals surface area contributed by atoms with E-state index in [1.807, 2.05) is 0 Å². The zero-order valence-corrected chi connectivity index (χ0v) is 15.5. The van der Waals surface area contributed by atoms with E-state index in [1.54, 1.807) is 62.6 Å². The summed E-state index contributed by atoms with van der Waals surface area (Å²) in [6, 6.07) is 12.8. The Kier molecular flexibility index (Phi) is 5.05. The third kappa shape index (κ3) is 3.73. The summed E-state index contributed by atoms with van der Waals surface area (Å²) in [6.07, 6.45) is 0. The Bertz CT molecular complexity index is 900. The maximum Gasteiger partial charge on any atom is 0.325 e. The Morgan fingerprint density at radius 3 is 2.56 bits per heavy atom. The molecule has 0 saturated carbocycles. The Morgan fingerprint density at radius 1 is 1.22 bits per heavy atom. The number of benzene rings is 2. The minimum atomic E-state index is -1.25. The number of carbonyl (C=O) groups is 3. The molecule has 2 aromatic carbocycles. The summed E-state index contributed by atoms with van der Waals surface area (Å²) in [6.45, 7) is 1.20. The summed E-state index contributed by atoms with van der Waals surface area (Å²) in [7, 11) is 1.54. The molecule has 0 aromatic heterocycles. The number of halogens is 1. The second-order valence-electron chi connectivity index (χ2n) is 6.23. The zero-order chi connectivity index (χ0) is 19.6. The van der Waals surface area contributed by atoms with E-state index >= 15 is 0 Å². The van der Waals surface area contributed by atoms with Crippen LogP contribution in [0.1, 0.15) is 12.5 Å². The van der Waals surface area contributed by atoms with Gasteiger partial charge in [-0.2, -0.15) is 0 Å². The van der Waals surface area contributed by atoms with Crippen molar-refractivity contribution in [2.24, 2.45) is 0 Å². The van der Waals surface area contributed by atoms with Crippen LogP contribution >= 0.6 is 11.6 Å². The second kappa shape index (κ2) is 7.28. The standard InChI is InChI=1S/C19H18ClN3O4/c1-19(12-6-8-15(27-2)9-7-12)17(25)23(18(26)22-19)11-16(24)21-14-5-3-4-13(20)10-14/h3-10H,11H2,1-2H3,(H,21,24)(H,22,26). The Morgan fingerprint density at radius 2 is 1.93 bits per heavy atom. The van der Waals surface area contributed by atoms with Crippen LogP contribution in [0.2, 0.25) is 5.02 Å². The molecule has 0 aliphatic carbocycles. The van der Waals surface area contributed by atoms with Crippen LogP contribution in [0.15, 0.2) is 48.5 Å². The summed E-state index contributed by atoms with van der Waals surface area (Å²) in [5.74, 6) is -0.365. The number of methoxy groups -OCH3 is 1. The van der Waals surface area contributed by atoms with Gasteiger partial charge in [0.25, 0.3) is 5.91 Å². The first-order chi connectivity index (χ1) is 12.8. The average molecular weight is 388 g/mol. The van der Waals surface area contributed by atoms with Crippen molar-refractivity contribution < 1.29 is 19.1 Å². The zero-order valence-electron chi connectivity index (χ0n) is 14.8. The molecule has 7 nitrogen and oxygen atoms in total. The molecule has 1 fully saturated rings. The minimum Gasteiger partial charge on any atom is -0.497 e. The molecule has 1 unspecified atom stereocenters. The van der Waals surface area contributed by atoms with Gasteiger partial charge in [-0.15, -0.1) is 0 Å². The fraction of sp³-hybridized carbons (Fsp3) is 0.211. The number of anilines is 1. The molecule has 1 atom stereocenters. The van der Waals surface area contributed by atoms with Crippen molar-refractivity contribution in [3.05, 3.63) is 59.1 Å². The summed E-state index contributed by atoms with van der Waals surface area (Å²) in [4.78, 5) is 38.3. The quantitative estimate of drug-likeness (QED) is 0.772. The number of carbonyl (C=O) groups excluding carboxylic acids is 3. The number of imide groups is 1. The molecule has 3 rings (SSSR count). The molecule has 2 aromatic rings. The Hall–Kier alpha value is -3.06. The van der Waals surface area contributed by atoms with Crippen molar-refractivity contribution in [3.63, 3.8) is 0 Å². The van der Waals surface area contributed by atoms with E-state index in [4.69, 9.17) is 16.3 Å². The van der Waals surface area contributed by atoms with Crippen LogP contribution in [-0.4, -0.2) is 36.4 Å². The highest BCUT2D eigenvalue weighted by Gasteiger charge is 2.49. The van der Waals surface area contributed by atoms with Gasteiger partial charge in [-0.25, -0.2) is 4.79 Å². The lowest BCUT2D eigenvalue weighted by Gasteiger charge is -2.22. The van der Waals surface area contributed by atoms with Crippen LogP contribution in [0.4, 0.5) is 10.5 Å². The number of nitrogens with one attached hydrogen (secondary N) is 2. The maximum atomic E-state index is 12.8. The molecule has 0 spiro atoms. The summed E-state index contributed by atoms with van der Waals surface area (Å²) in [5, 5.41) is 5.74. The van der Waals surface area contributed by atoms with Crippen LogP contribution in [0.3, 0.4) is 0 Å². The lowest BCUT2D eigenvalue weighted by molar-refractivity contribution is -0.133. The van der Waals surface area contributed by atoms with Crippen molar-refractivity contribution in [1.29, 1.82) is 0 Å². The van der Waals surface area contributed by atoms with Crippen LogP contribution < -0.4 is 15.4 Å². The van der Waals surface area contributed by atoms with Gasteiger partial charge in [0, 0.05) is 10.7 Å². The van der Waals surface area contributed by atoms with Gasteiger partial charge < -0.3 is 15.4 Å². The number of amides is 4. The van der Waals surface area contributed by atoms with Crippen molar-refractivity contribution in [3.8, 4) is 5.75 Å². The van der Waals surface area contributed by atoms with E-state index in [1.165, 1.54) is 0 Å². The van der Waals surface area contributed by atoms with Crippen molar-refractivity contribution in [2.75, 3.05) is 19.0 Å². The molecule has 140 valence electrons. The fourth-order valence-electron chi connectivity index (χ4n) is 2.87. The molecule has 8 heteroatoms. The van der Waals surface area contributed by atoms with E-state index in [0.29, 0.717) is 22.0 Å². The molecular weight excluding hydrogens is 370 g/mol. The highest BCUT2D eigenvalue weighted by atomic mass is 35.5. The van der Waals surface area contributed by atoms with Gasteiger partial charge in [-0.3, -0.25) is 14.5 Å². The molecule has 1 heterocycles. The summed E-state index contributed by atoms with van der Waals surface area (Å²) in [5.41, 5.74) is -0.170. The normalized spacial score (nSPS) is 19.0. The third-order valence-corrected chi connectivity index (χ3v) is 4.59. The summed E-state index contributed by atoms with van der Waals surface area (Å²) >= 11 is 5.88. The second-order valence-corrected chi connectivity index (χ2v) is 6.67. The number of ether oxygens (including phenoxy) is 1. The van der Waals surface area contributed by atoms with Gasteiger partial charge in [0.05, 0.1) is 7.11 Å². The maximum absolute atomic E-state index is 12.8. The Labute approximate surface area is 161 Å². The Balaban J connectivity index is 1.74. The summed E-state index contributed by atoms with van der Waals surface area (Å²) < 4.78 is 5.11. The van der Waals surface area contributed by atoms with E-state index in [0.717, 1.165) is 4.90 Å². The lowest BCUT2D eigenvalue weighted by atomic mass is 9.92. The predicted molar refractivity (Wildman–Crippen MR) is 101 cm³/mol. The van der Waals surface area contributed by atoms with Gasteiger partial charge in [0.1, 0.15) is 17.8 Å². The van der Waals surface area contributed by atoms with Gasteiger partial charge in [0.2, 0.25) is 5.91 Å². The van der Waals surface area contributed by atoms with E-state index in [-0.39, 0.29) is 0 Å². The van der Waals surface area contributed by atoms with Gasteiger partial charge in [-0.1, -0.05) is 29.8 Å². The number of rotatable bonds is 5. The predicted octanol–water partition coefficient (Wildman–Crippen LogP) is 2.75. The van der Waals surface area contributed by atoms with Crippen molar-refractivity contribution in [1.82, 2.24) is 10.2 Å². The molecule has 1 aliphatic heterocycles. The molecular formula is C19H18ClN3O4. The highest BCUT2D eigenvalue weighted by Crippen LogP contribution is 2.30. The molecule has 27 heavy (non-hydrogen) atoms. The van der Waals surface area contributed by atoms with E-state index in [9.17, 15) is 14.4 Å². The monoisotopic (exact) mass is 387 g/mol. The van der Waals surface area contributed by atoms with Crippen LogP contribution in [-0.2, 0) is 15.1 Å². The number of hydrogen-bond acceptors (Lipinski definition) is 4. The number of urea groups is 1. The molecule has 1 aliphatic rings. The minimum absolute atomic E-state index is 0.400. The van der Waals surface area contributed by atoms with Crippen molar-refractivity contribution in [2.45, 2.75) is 12.5 Å². The number of hydrogen-bond donors (Lipinski definition) is 2. The fourth-order valence-corrected chi connectivity index (χ4v) is 3.06. The molecule has 4 amide bonds. The van der Waals surface area contributed by atoms with Gasteiger partial charge in [-0.05, 0) is 42.8 Å². The van der Waals surface area contributed by atoms with Gasteiger partial charge in [0.15, 0.2) is 0 Å². The first-order valence-corrected chi connectivity index (χ1v) is 8.55. The van der Waals surface area contributed by atoms with Gasteiger partial charge >= 0.3 is 6.03 Å². The third-order valence-electron chi connectivity index (χ3n) is 4.35. The molecule has 1 saturated heterocycles. The van der Waals surface area contributed by atoms with E-state index < -0.39 is 29.9 Å². The van der Waals surface area contributed by atoms with Crippen LogP contribution in [0.25, 0.3) is 0 Å². The molecule has 2 N–H and O–H groups in total. The van der Waals surface area contributed by atoms with Crippen LogP contribution in [0.5, 0.6) is 5.75 Å². The lowest BCUT2D eigenvalue weighted by Crippen LogP contribution is -2.42. The topological polar surface area (TPSA) is 87.7 Å². The SMILES string of the molecule is COc1ccc(C2(C)NC(=O)N(CC(=O)Nc3cccc(Cl)c3)C2=O)cc1. The first kappa shape index (κ1) is 18.7. The molecule has 0 radical (unpaired) electrons. The van der Waals surface area contributed by atoms with E-state index in [2.05, 4.69) is 10.6 Å². The largest absolute Gasteiger partial charge is 0.497 e. The average Bonchev–Trinajstić information content (AvgIpc) is 2.86. The van der Waals surface area contributed by atoms with Crippen molar-refractivity contribution >= 4 is 35.1 Å². The smallest absolute Gasteiger partial charge is 0.325 e. The molecule has 0 bridgehead atoms. The van der Waals surface area contributed by atoms with Crippen LogP contribution in [0, 0.1) is 0 Å².